The van der Waals surface area contributed by atoms with Crippen LogP contribution in [0.2, 0.25) is 0 Å². The molecule has 0 unspecified atom stereocenters. The molecule has 0 heterocycles. The van der Waals surface area contributed by atoms with Gasteiger partial charge in [0.2, 0.25) is 0 Å². The molecule has 0 amide bonds. The number of aliphatic hydroxyl groups is 2. The van der Waals surface area contributed by atoms with E-state index in [2.05, 4.69) is 5.32 Å². The lowest BCUT2D eigenvalue weighted by molar-refractivity contribution is 0.221. The van der Waals surface area contributed by atoms with Crippen molar-refractivity contribution in [1.82, 2.24) is 5.32 Å². The van der Waals surface area contributed by atoms with Gasteiger partial charge in [-0.25, -0.2) is 0 Å². The number of nitrogens with one attached hydrogen (secondary N) is 1. The van der Waals surface area contributed by atoms with Gasteiger partial charge in [0.1, 0.15) is 0 Å². The maximum absolute atomic E-state index is 8.28. The van der Waals surface area contributed by atoms with E-state index in [9.17, 15) is 0 Å². The minimum absolute atomic E-state index is 0.0486. The number of hydrogen-bond donors (Lipinski definition) is 4. The van der Waals surface area contributed by atoms with Crippen LogP contribution in [-0.4, -0.2) is 42.6 Å². The van der Waals surface area contributed by atoms with Crippen LogP contribution >= 0.6 is 0 Å². The third-order valence-electron chi connectivity index (χ3n) is 0.769. The summed E-state index contributed by atoms with van der Waals surface area (Å²) in [5.41, 5.74) is 4.88. The summed E-state index contributed by atoms with van der Waals surface area (Å²) in [5, 5.41) is 19.0. The third-order valence-corrected chi connectivity index (χ3v) is 0.769. The summed E-state index contributed by atoms with van der Waals surface area (Å²) in [7, 11) is 1.80. The first-order valence-corrected chi connectivity index (χ1v) is 3.63. The highest BCUT2D eigenvalue weighted by molar-refractivity contribution is 4.67. The number of rotatable bonds is 3. The van der Waals surface area contributed by atoms with Gasteiger partial charge in [0.15, 0.2) is 0 Å². The SMILES string of the molecule is CC(C)(N)CO.CNCCO. The van der Waals surface area contributed by atoms with E-state index >= 15 is 0 Å². The van der Waals surface area contributed by atoms with Crippen molar-refractivity contribution in [3.05, 3.63) is 0 Å². The van der Waals surface area contributed by atoms with Crippen LogP contribution in [-0.2, 0) is 0 Å². The molecule has 0 spiro atoms. The summed E-state index contributed by atoms with van der Waals surface area (Å²) >= 11 is 0. The van der Waals surface area contributed by atoms with Gasteiger partial charge in [-0.3, -0.25) is 0 Å². The van der Waals surface area contributed by atoms with E-state index in [0.29, 0.717) is 6.54 Å². The molecule has 11 heavy (non-hydrogen) atoms. The lowest BCUT2D eigenvalue weighted by Gasteiger charge is -2.12. The molecular weight excluding hydrogens is 144 g/mol. The molecule has 0 fully saturated rings. The monoisotopic (exact) mass is 164 g/mol. The molecule has 0 aliphatic rings. The van der Waals surface area contributed by atoms with Crippen molar-refractivity contribution in [1.29, 1.82) is 0 Å². The molecule has 0 rings (SSSR count). The molecule has 0 aromatic carbocycles. The Kier molecular flexibility index (Phi) is 9.70. The first-order valence-electron chi connectivity index (χ1n) is 3.63. The molecule has 0 bridgehead atoms. The molecule has 0 atom stereocenters. The Morgan fingerprint density at radius 3 is 1.73 bits per heavy atom. The Morgan fingerprint density at radius 2 is 1.73 bits per heavy atom. The molecule has 0 radical (unpaired) electrons. The quantitative estimate of drug-likeness (QED) is 0.427. The maximum atomic E-state index is 8.28. The average molecular weight is 164 g/mol. The summed E-state index contributed by atoms with van der Waals surface area (Å²) in [6, 6.07) is 0. The summed E-state index contributed by atoms with van der Waals surface area (Å²) < 4.78 is 0. The molecule has 5 N–H and O–H groups in total. The van der Waals surface area contributed by atoms with Gasteiger partial charge in [-0.05, 0) is 20.9 Å². The van der Waals surface area contributed by atoms with Crippen LogP contribution < -0.4 is 11.1 Å². The highest BCUT2D eigenvalue weighted by Gasteiger charge is 2.05. The van der Waals surface area contributed by atoms with E-state index in [0.717, 1.165) is 0 Å². The number of likely N-dealkylation sites (N-methyl/N-ethyl adjacent to an activating group) is 1. The second kappa shape index (κ2) is 7.94. The predicted octanol–water partition coefficient (Wildman–Crippen LogP) is -1.09. The maximum Gasteiger partial charge on any atom is 0.0605 e. The van der Waals surface area contributed by atoms with Gasteiger partial charge in [0.05, 0.1) is 13.2 Å². The van der Waals surface area contributed by atoms with Crippen LogP contribution in [0.15, 0.2) is 0 Å². The molecule has 0 aromatic rings. The van der Waals surface area contributed by atoms with E-state index < -0.39 is 5.54 Å². The number of aliphatic hydroxyl groups excluding tert-OH is 2. The first-order chi connectivity index (χ1) is 4.97. The first kappa shape index (κ1) is 13.4. The van der Waals surface area contributed by atoms with E-state index in [1.165, 1.54) is 0 Å². The fourth-order valence-electron chi connectivity index (χ4n) is 0.112. The number of nitrogens with two attached hydrogens (primary N) is 1. The standard InChI is InChI=1S/C4H11NO.C3H9NO/c1-4(2,5)3-6;1-4-2-3-5/h6H,3,5H2,1-2H3;4-5H,2-3H2,1H3. The van der Waals surface area contributed by atoms with E-state index in [4.69, 9.17) is 15.9 Å². The molecule has 70 valence electrons. The van der Waals surface area contributed by atoms with Crippen LogP contribution in [0, 0.1) is 0 Å². The molecule has 4 nitrogen and oxygen atoms in total. The second-order valence-corrected chi connectivity index (χ2v) is 2.97. The molecular formula is C7H20N2O2. The van der Waals surface area contributed by atoms with Crippen molar-refractivity contribution in [3.63, 3.8) is 0 Å². The molecule has 0 aliphatic carbocycles. The average Bonchev–Trinajstić information content (AvgIpc) is 1.90. The van der Waals surface area contributed by atoms with Crippen LogP contribution in [0.25, 0.3) is 0 Å². The molecule has 0 aromatic heterocycles. The van der Waals surface area contributed by atoms with Crippen LogP contribution in [0.1, 0.15) is 13.8 Å². The van der Waals surface area contributed by atoms with Crippen molar-refractivity contribution < 1.29 is 10.2 Å². The van der Waals surface area contributed by atoms with Gasteiger partial charge in [-0.2, -0.15) is 0 Å². The Bertz CT molecular complexity index is 69.3. The molecule has 0 saturated heterocycles. The molecule has 0 saturated carbocycles. The fourth-order valence-corrected chi connectivity index (χ4v) is 0.112. The largest absolute Gasteiger partial charge is 0.395 e. The summed E-state index contributed by atoms with van der Waals surface area (Å²) in [4.78, 5) is 0. The van der Waals surface area contributed by atoms with Crippen LogP contribution in [0.4, 0.5) is 0 Å². The van der Waals surface area contributed by atoms with Crippen LogP contribution in [0.5, 0.6) is 0 Å². The third kappa shape index (κ3) is 25.8. The van der Waals surface area contributed by atoms with Crippen molar-refractivity contribution in [3.8, 4) is 0 Å². The Balaban J connectivity index is 0. The van der Waals surface area contributed by atoms with Crippen molar-refractivity contribution in [2.45, 2.75) is 19.4 Å². The van der Waals surface area contributed by atoms with E-state index in [1.807, 2.05) is 0 Å². The smallest absolute Gasteiger partial charge is 0.0605 e. The van der Waals surface area contributed by atoms with Gasteiger partial charge < -0.3 is 21.3 Å². The second-order valence-electron chi connectivity index (χ2n) is 2.97. The summed E-state index contributed by atoms with van der Waals surface area (Å²) in [6.45, 7) is 4.52. The van der Waals surface area contributed by atoms with Gasteiger partial charge in [-0.15, -0.1) is 0 Å². The van der Waals surface area contributed by atoms with Gasteiger partial charge in [0, 0.05) is 12.1 Å². The van der Waals surface area contributed by atoms with E-state index in [1.54, 1.807) is 20.9 Å². The minimum atomic E-state index is -0.403. The minimum Gasteiger partial charge on any atom is -0.395 e. The summed E-state index contributed by atoms with van der Waals surface area (Å²) in [5.74, 6) is 0. The zero-order chi connectivity index (χ0) is 9.33. The highest BCUT2D eigenvalue weighted by Crippen LogP contribution is 1.89. The van der Waals surface area contributed by atoms with E-state index in [-0.39, 0.29) is 13.2 Å². The van der Waals surface area contributed by atoms with Crippen molar-refractivity contribution in [2.24, 2.45) is 5.73 Å². The number of hydrogen-bond acceptors (Lipinski definition) is 4. The van der Waals surface area contributed by atoms with Crippen molar-refractivity contribution in [2.75, 3.05) is 26.8 Å². The van der Waals surface area contributed by atoms with Gasteiger partial charge in [-0.1, -0.05) is 0 Å². The topological polar surface area (TPSA) is 78.5 Å². The predicted molar refractivity (Wildman–Crippen MR) is 46.4 cm³/mol. The van der Waals surface area contributed by atoms with Gasteiger partial charge in [0.25, 0.3) is 0 Å². The Hall–Kier alpha value is -0.160. The summed E-state index contributed by atoms with van der Waals surface area (Å²) in [6.07, 6.45) is 0. The van der Waals surface area contributed by atoms with Crippen LogP contribution in [0.3, 0.4) is 0 Å². The highest BCUT2D eigenvalue weighted by atomic mass is 16.3. The lowest BCUT2D eigenvalue weighted by atomic mass is 10.1. The Morgan fingerprint density at radius 1 is 1.36 bits per heavy atom. The fraction of sp³-hybridized carbons (Fsp3) is 1.00. The van der Waals surface area contributed by atoms with Crippen molar-refractivity contribution >= 4 is 0 Å². The Labute approximate surface area is 68.4 Å². The zero-order valence-corrected chi connectivity index (χ0v) is 7.59. The molecule has 4 heteroatoms. The molecule has 0 aliphatic heterocycles. The van der Waals surface area contributed by atoms with Gasteiger partial charge >= 0.3 is 0 Å². The zero-order valence-electron chi connectivity index (χ0n) is 7.59. The lowest BCUT2D eigenvalue weighted by Crippen LogP contribution is -2.35. The normalized spacial score (nSPS) is 10.4.